The molecular formula is C21H29N3O5. The van der Waals surface area contributed by atoms with Crippen LogP contribution in [0.25, 0.3) is 0 Å². The fraction of sp³-hybridized carbons (Fsp3) is 0.571. The Labute approximate surface area is 170 Å². The Morgan fingerprint density at radius 2 is 2.17 bits per heavy atom. The second kappa shape index (κ2) is 10.2. The molecule has 1 amide bonds. The largest absolute Gasteiger partial charge is 0.469 e. The van der Waals surface area contributed by atoms with Gasteiger partial charge in [-0.15, -0.1) is 0 Å². The van der Waals surface area contributed by atoms with E-state index in [9.17, 15) is 9.59 Å². The molecule has 3 rings (SSSR count). The van der Waals surface area contributed by atoms with Crippen molar-refractivity contribution < 1.29 is 23.5 Å². The molecular weight excluding hydrogens is 374 g/mol. The molecule has 1 aliphatic rings. The van der Waals surface area contributed by atoms with Crippen molar-refractivity contribution in [1.82, 2.24) is 15.1 Å². The summed E-state index contributed by atoms with van der Waals surface area (Å²) in [6.07, 6.45) is 5.06. The molecule has 0 atom stereocenters. The SMILES string of the molecule is CCc1nn(CCCOC(=O)c2coc(C)c2)c2c1C(=O)NCCCOCCC2. The number of aromatic nitrogens is 2. The molecule has 0 fully saturated rings. The molecule has 0 saturated carbocycles. The summed E-state index contributed by atoms with van der Waals surface area (Å²) in [5, 5.41) is 7.64. The first-order valence-electron chi connectivity index (χ1n) is 10.3. The Balaban J connectivity index is 1.65. The number of hydrogen-bond acceptors (Lipinski definition) is 6. The molecule has 1 aliphatic heterocycles. The highest BCUT2D eigenvalue weighted by atomic mass is 16.5. The lowest BCUT2D eigenvalue weighted by molar-refractivity contribution is 0.0493. The minimum atomic E-state index is -0.396. The molecule has 0 aliphatic carbocycles. The molecule has 0 saturated heterocycles. The quantitative estimate of drug-likeness (QED) is 0.589. The van der Waals surface area contributed by atoms with E-state index in [1.165, 1.54) is 6.26 Å². The zero-order valence-electron chi connectivity index (χ0n) is 17.2. The minimum absolute atomic E-state index is 0.0632. The molecule has 8 heteroatoms. The average molecular weight is 403 g/mol. The Kier molecular flexibility index (Phi) is 7.46. The molecule has 0 spiro atoms. The number of carbonyl (C=O) groups excluding carboxylic acids is 2. The molecule has 8 nitrogen and oxygen atoms in total. The Morgan fingerprint density at radius 3 is 2.93 bits per heavy atom. The standard InChI is InChI=1S/C21H29N3O5/c1-3-17-19-18(7-4-10-27-11-5-8-22-20(19)25)24(23-17)9-6-12-28-21(26)16-13-15(2)29-14-16/h13-14H,3-12H2,1-2H3,(H,22,25). The van der Waals surface area contributed by atoms with Gasteiger partial charge in [0.15, 0.2) is 0 Å². The summed E-state index contributed by atoms with van der Waals surface area (Å²) in [5.41, 5.74) is 2.85. The summed E-state index contributed by atoms with van der Waals surface area (Å²) in [4.78, 5) is 24.7. The maximum atomic E-state index is 12.7. The van der Waals surface area contributed by atoms with E-state index in [1.54, 1.807) is 13.0 Å². The van der Waals surface area contributed by atoms with E-state index in [-0.39, 0.29) is 12.5 Å². The van der Waals surface area contributed by atoms with Crippen molar-refractivity contribution in [3.8, 4) is 0 Å². The molecule has 0 bridgehead atoms. The van der Waals surface area contributed by atoms with E-state index < -0.39 is 5.97 Å². The number of carbonyl (C=O) groups is 2. The number of aryl methyl sites for hydroxylation is 3. The van der Waals surface area contributed by atoms with Crippen LogP contribution in [0.4, 0.5) is 0 Å². The fourth-order valence-electron chi connectivity index (χ4n) is 3.42. The van der Waals surface area contributed by atoms with Crippen molar-refractivity contribution in [2.45, 2.75) is 52.5 Å². The normalized spacial score (nSPS) is 15.3. The Morgan fingerprint density at radius 1 is 1.34 bits per heavy atom. The van der Waals surface area contributed by atoms with Gasteiger partial charge >= 0.3 is 5.97 Å². The number of ether oxygens (including phenoxy) is 2. The highest BCUT2D eigenvalue weighted by Gasteiger charge is 2.22. The molecule has 29 heavy (non-hydrogen) atoms. The first kappa shape index (κ1) is 21.1. The second-order valence-corrected chi connectivity index (χ2v) is 7.11. The number of amides is 1. The van der Waals surface area contributed by atoms with Gasteiger partial charge in [0.25, 0.3) is 5.91 Å². The molecule has 0 radical (unpaired) electrons. The van der Waals surface area contributed by atoms with Crippen LogP contribution in [0.3, 0.4) is 0 Å². The highest BCUT2D eigenvalue weighted by molar-refractivity contribution is 5.96. The third-order valence-corrected chi connectivity index (χ3v) is 4.86. The zero-order valence-corrected chi connectivity index (χ0v) is 17.2. The van der Waals surface area contributed by atoms with Crippen LogP contribution in [0, 0.1) is 6.92 Å². The molecule has 0 unspecified atom stereocenters. The van der Waals surface area contributed by atoms with E-state index in [0.29, 0.717) is 56.0 Å². The average Bonchev–Trinajstić information content (AvgIpc) is 3.29. The van der Waals surface area contributed by atoms with E-state index >= 15 is 0 Å². The van der Waals surface area contributed by atoms with Gasteiger partial charge in [0.2, 0.25) is 0 Å². The number of hydrogen-bond donors (Lipinski definition) is 1. The lowest BCUT2D eigenvalue weighted by Crippen LogP contribution is -2.26. The fourth-order valence-corrected chi connectivity index (χ4v) is 3.42. The zero-order chi connectivity index (χ0) is 20.6. The van der Waals surface area contributed by atoms with E-state index in [0.717, 1.165) is 30.7 Å². The van der Waals surface area contributed by atoms with Crippen LogP contribution in [0.2, 0.25) is 0 Å². The lowest BCUT2D eigenvalue weighted by Gasteiger charge is -2.10. The van der Waals surface area contributed by atoms with Crippen LogP contribution in [0.5, 0.6) is 0 Å². The van der Waals surface area contributed by atoms with Crippen molar-refractivity contribution in [2.24, 2.45) is 0 Å². The van der Waals surface area contributed by atoms with Gasteiger partial charge < -0.3 is 19.2 Å². The van der Waals surface area contributed by atoms with Gasteiger partial charge in [-0.2, -0.15) is 5.10 Å². The van der Waals surface area contributed by atoms with Gasteiger partial charge in [-0.05, 0) is 38.7 Å². The Bertz CT molecular complexity index is 839. The third-order valence-electron chi connectivity index (χ3n) is 4.86. The van der Waals surface area contributed by atoms with Crippen LogP contribution in [0.15, 0.2) is 16.7 Å². The molecule has 158 valence electrons. The molecule has 0 aromatic carbocycles. The first-order valence-corrected chi connectivity index (χ1v) is 10.3. The number of furan rings is 1. The van der Waals surface area contributed by atoms with Crippen LogP contribution >= 0.6 is 0 Å². The molecule has 3 heterocycles. The van der Waals surface area contributed by atoms with Crippen molar-refractivity contribution >= 4 is 11.9 Å². The number of fused-ring (bicyclic) bond motifs is 1. The van der Waals surface area contributed by atoms with Gasteiger partial charge in [-0.25, -0.2) is 4.79 Å². The summed E-state index contributed by atoms with van der Waals surface area (Å²) in [5.74, 6) is 0.211. The maximum Gasteiger partial charge on any atom is 0.341 e. The summed E-state index contributed by atoms with van der Waals surface area (Å²) < 4.78 is 18.0. The van der Waals surface area contributed by atoms with Crippen LogP contribution in [0.1, 0.15) is 64.1 Å². The van der Waals surface area contributed by atoms with Gasteiger partial charge in [-0.1, -0.05) is 6.92 Å². The second-order valence-electron chi connectivity index (χ2n) is 7.11. The van der Waals surface area contributed by atoms with Gasteiger partial charge in [-0.3, -0.25) is 9.48 Å². The Hall–Kier alpha value is -2.61. The predicted octanol–water partition coefficient (Wildman–Crippen LogP) is 2.68. The van der Waals surface area contributed by atoms with Crippen LogP contribution in [-0.2, 0) is 28.9 Å². The van der Waals surface area contributed by atoms with Crippen LogP contribution < -0.4 is 5.32 Å². The smallest absolute Gasteiger partial charge is 0.341 e. The summed E-state index contributed by atoms with van der Waals surface area (Å²) in [6, 6.07) is 1.65. The third kappa shape index (κ3) is 5.47. The molecule has 2 aromatic heterocycles. The number of esters is 1. The van der Waals surface area contributed by atoms with Gasteiger partial charge in [0.05, 0.1) is 29.1 Å². The number of nitrogens with zero attached hydrogens (tertiary/aromatic N) is 2. The van der Waals surface area contributed by atoms with Crippen molar-refractivity contribution in [3.05, 3.63) is 40.6 Å². The maximum absolute atomic E-state index is 12.7. The molecule has 2 aromatic rings. The summed E-state index contributed by atoms with van der Waals surface area (Å²) in [7, 11) is 0. The van der Waals surface area contributed by atoms with Crippen molar-refractivity contribution in [2.75, 3.05) is 26.4 Å². The number of rotatable bonds is 6. The van der Waals surface area contributed by atoms with Crippen LogP contribution in [-0.4, -0.2) is 48.0 Å². The lowest BCUT2D eigenvalue weighted by atomic mass is 10.1. The molecule has 1 N–H and O–H groups in total. The summed E-state index contributed by atoms with van der Waals surface area (Å²) in [6.45, 7) is 6.55. The van der Waals surface area contributed by atoms with Gasteiger partial charge in [0, 0.05) is 32.7 Å². The van der Waals surface area contributed by atoms with E-state index in [2.05, 4.69) is 10.4 Å². The van der Waals surface area contributed by atoms with E-state index in [4.69, 9.17) is 13.9 Å². The highest BCUT2D eigenvalue weighted by Crippen LogP contribution is 2.19. The van der Waals surface area contributed by atoms with Gasteiger partial charge in [0.1, 0.15) is 12.0 Å². The monoisotopic (exact) mass is 403 g/mol. The summed E-state index contributed by atoms with van der Waals surface area (Å²) >= 11 is 0. The first-order chi connectivity index (χ1) is 14.1. The topological polar surface area (TPSA) is 95.6 Å². The minimum Gasteiger partial charge on any atom is -0.469 e. The van der Waals surface area contributed by atoms with Crippen molar-refractivity contribution in [3.63, 3.8) is 0 Å². The number of nitrogens with one attached hydrogen (secondary N) is 1. The van der Waals surface area contributed by atoms with Crippen molar-refractivity contribution in [1.29, 1.82) is 0 Å². The van der Waals surface area contributed by atoms with E-state index in [1.807, 2.05) is 11.6 Å². The predicted molar refractivity (Wildman–Crippen MR) is 106 cm³/mol.